The predicted octanol–water partition coefficient (Wildman–Crippen LogP) is 2.42. The number of nitrogens with zero attached hydrogens (tertiary/aromatic N) is 2. The van der Waals surface area contributed by atoms with Crippen molar-refractivity contribution in [2.24, 2.45) is 0 Å². The molecule has 1 saturated heterocycles. The molecule has 5 nitrogen and oxygen atoms in total. The van der Waals surface area contributed by atoms with Gasteiger partial charge < -0.3 is 14.4 Å². The van der Waals surface area contributed by atoms with E-state index in [2.05, 4.69) is 9.88 Å². The molecule has 0 radical (unpaired) electrons. The van der Waals surface area contributed by atoms with Crippen molar-refractivity contribution in [1.29, 1.82) is 0 Å². The Morgan fingerprint density at radius 3 is 2.80 bits per heavy atom. The van der Waals surface area contributed by atoms with Crippen LogP contribution in [0.3, 0.4) is 0 Å². The van der Waals surface area contributed by atoms with Gasteiger partial charge in [-0.25, -0.2) is 9.78 Å². The lowest BCUT2D eigenvalue weighted by Gasteiger charge is -2.27. The van der Waals surface area contributed by atoms with Crippen LogP contribution < -0.4 is 4.90 Å². The summed E-state index contributed by atoms with van der Waals surface area (Å²) in [4.78, 5) is 18.9. The van der Waals surface area contributed by atoms with E-state index in [1.807, 2.05) is 6.92 Å². The molecule has 0 spiro atoms. The average Bonchev–Trinajstić information content (AvgIpc) is 2.83. The van der Waals surface area contributed by atoms with E-state index >= 15 is 0 Å². The quantitative estimate of drug-likeness (QED) is 0.799. The maximum Gasteiger partial charge on any atom is 0.360 e. The Morgan fingerprint density at radius 1 is 1.45 bits per heavy atom. The van der Waals surface area contributed by atoms with E-state index in [1.54, 1.807) is 11.3 Å². The van der Waals surface area contributed by atoms with Crippen molar-refractivity contribution in [3.8, 4) is 0 Å². The van der Waals surface area contributed by atoms with Crippen molar-refractivity contribution in [2.75, 3.05) is 37.8 Å². The van der Waals surface area contributed by atoms with Gasteiger partial charge in [0.2, 0.25) is 0 Å². The fourth-order valence-corrected chi connectivity index (χ4v) is 3.75. The normalized spacial score (nSPS) is 19.8. The van der Waals surface area contributed by atoms with Gasteiger partial charge in [0.1, 0.15) is 5.00 Å². The summed E-state index contributed by atoms with van der Waals surface area (Å²) >= 11 is 1.66. The van der Waals surface area contributed by atoms with Crippen molar-refractivity contribution < 1.29 is 14.3 Å². The lowest BCUT2D eigenvalue weighted by molar-refractivity contribution is 0.0520. The lowest BCUT2D eigenvalue weighted by atomic mass is 9.86. The third-order valence-electron chi connectivity index (χ3n) is 3.85. The molecule has 0 bridgehead atoms. The van der Waals surface area contributed by atoms with Crippen LogP contribution in [0.1, 0.15) is 47.6 Å². The van der Waals surface area contributed by atoms with Crippen molar-refractivity contribution in [2.45, 2.75) is 32.1 Å². The standard InChI is InChI=1S/C14H20N2O3S/c1-2-19-14(17)11-13(16-6-8-18-9-7-16)20-12(15-11)10-4-3-5-10/h10H,2-9H2,1H3. The highest BCUT2D eigenvalue weighted by Gasteiger charge is 2.30. The van der Waals surface area contributed by atoms with E-state index in [0.717, 1.165) is 23.1 Å². The summed E-state index contributed by atoms with van der Waals surface area (Å²) in [6, 6.07) is 0. The first-order chi connectivity index (χ1) is 9.79. The highest BCUT2D eigenvalue weighted by atomic mass is 32.1. The lowest BCUT2D eigenvalue weighted by Crippen LogP contribution is -2.36. The average molecular weight is 296 g/mol. The summed E-state index contributed by atoms with van der Waals surface area (Å²) in [6.45, 7) is 5.26. The zero-order chi connectivity index (χ0) is 13.9. The molecule has 1 aromatic heterocycles. The number of carbonyl (C=O) groups is 1. The molecule has 1 saturated carbocycles. The molecule has 0 unspecified atom stereocenters. The molecule has 0 aromatic carbocycles. The van der Waals surface area contributed by atoms with E-state index in [4.69, 9.17) is 9.47 Å². The van der Waals surface area contributed by atoms with E-state index in [0.29, 0.717) is 31.4 Å². The summed E-state index contributed by atoms with van der Waals surface area (Å²) in [5.41, 5.74) is 0.501. The number of ether oxygens (including phenoxy) is 2. The van der Waals surface area contributed by atoms with Gasteiger partial charge in [0.25, 0.3) is 0 Å². The third-order valence-corrected chi connectivity index (χ3v) is 5.13. The molecule has 20 heavy (non-hydrogen) atoms. The van der Waals surface area contributed by atoms with Crippen LogP contribution in [-0.2, 0) is 9.47 Å². The second kappa shape index (κ2) is 6.10. The van der Waals surface area contributed by atoms with Crippen molar-refractivity contribution in [3.63, 3.8) is 0 Å². The van der Waals surface area contributed by atoms with Crippen molar-refractivity contribution in [1.82, 2.24) is 4.98 Å². The van der Waals surface area contributed by atoms with Gasteiger partial charge in [-0.2, -0.15) is 0 Å². The number of rotatable bonds is 4. The fourth-order valence-electron chi connectivity index (χ4n) is 2.47. The predicted molar refractivity (Wildman–Crippen MR) is 77.7 cm³/mol. The number of aromatic nitrogens is 1. The molecule has 0 atom stereocenters. The zero-order valence-corrected chi connectivity index (χ0v) is 12.6. The number of hydrogen-bond acceptors (Lipinski definition) is 6. The van der Waals surface area contributed by atoms with Gasteiger partial charge in [-0.05, 0) is 19.8 Å². The molecule has 1 aliphatic carbocycles. The van der Waals surface area contributed by atoms with Crippen LogP contribution in [0.2, 0.25) is 0 Å². The van der Waals surface area contributed by atoms with Gasteiger partial charge in [-0.1, -0.05) is 6.42 Å². The molecule has 2 aliphatic rings. The summed E-state index contributed by atoms with van der Waals surface area (Å²) in [5, 5.41) is 2.06. The Balaban J connectivity index is 1.87. The van der Waals surface area contributed by atoms with Crippen LogP contribution in [0.25, 0.3) is 0 Å². The Labute approximate surface area is 122 Å². The summed E-state index contributed by atoms with van der Waals surface area (Å²) in [7, 11) is 0. The van der Waals surface area contributed by atoms with Gasteiger partial charge in [0.15, 0.2) is 5.69 Å². The molecule has 0 N–H and O–H groups in total. The smallest absolute Gasteiger partial charge is 0.360 e. The van der Waals surface area contributed by atoms with Crippen LogP contribution in [0.15, 0.2) is 0 Å². The van der Waals surface area contributed by atoms with Crippen molar-refractivity contribution in [3.05, 3.63) is 10.7 Å². The van der Waals surface area contributed by atoms with Gasteiger partial charge in [-0.3, -0.25) is 0 Å². The molecule has 3 rings (SSSR count). The monoisotopic (exact) mass is 296 g/mol. The number of thiazole rings is 1. The van der Waals surface area contributed by atoms with Gasteiger partial charge in [0, 0.05) is 19.0 Å². The zero-order valence-electron chi connectivity index (χ0n) is 11.8. The van der Waals surface area contributed by atoms with E-state index < -0.39 is 0 Å². The molecule has 2 fully saturated rings. The number of hydrogen-bond donors (Lipinski definition) is 0. The molecule has 0 amide bonds. The second-order valence-electron chi connectivity index (χ2n) is 5.15. The minimum absolute atomic E-state index is 0.296. The topological polar surface area (TPSA) is 51.7 Å². The third kappa shape index (κ3) is 2.67. The van der Waals surface area contributed by atoms with Crippen LogP contribution in [0, 0.1) is 0 Å². The number of esters is 1. The summed E-state index contributed by atoms with van der Waals surface area (Å²) in [6.07, 6.45) is 3.66. The molecular formula is C14H20N2O3S. The SMILES string of the molecule is CCOC(=O)c1nc(C2CCC2)sc1N1CCOCC1. The van der Waals surface area contributed by atoms with E-state index in [1.165, 1.54) is 19.3 Å². The largest absolute Gasteiger partial charge is 0.461 e. The second-order valence-corrected chi connectivity index (χ2v) is 6.16. The van der Waals surface area contributed by atoms with Crippen LogP contribution >= 0.6 is 11.3 Å². The number of morpholine rings is 1. The van der Waals surface area contributed by atoms with Crippen molar-refractivity contribution >= 4 is 22.3 Å². The fraction of sp³-hybridized carbons (Fsp3) is 0.714. The first-order valence-electron chi connectivity index (χ1n) is 7.30. The van der Waals surface area contributed by atoms with Gasteiger partial charge in [-0.15, -0.1) is 11.3 Å². The highest BCUT2D eigenvalue weighted by Crippen LogP contribution is 2.42. The van der Waals surface area contributed by atoms with Crippen LogP contribution in [-0.4, -0.2) is 43.9 Å². The molecular weight excluding hydrogens is 276 g/mol. The highest BCUT2D eigenvalue weighted by molar-refractivity contribution is 7.16. The molecule has 1 aromatic rings. The maximum atomic E-state index is 12.1. The Morgan fingerprint density at radius 2 is 2.20 bits per heavy atom. The maximum absolute atomic E-state index is 12.1. The Kier molecular flexibility index (Phi) is 4.21. The Bertz CT molecular complexity index is 479. The number of carbonyl (C=O) groups excluding carboxylic acids is 1. The molecule has 110 valence electrons. The minimum Gasteiger partial charge on any atom is -0.461 e. The molecule has 6 heteroatoms. The van der Waals surface area contributed by atoms with Crippen LogP contribution in [0.5, 0.6) is 0 Å². The van der Waals surface area contributed by atoms with E-state index in [9.17, 15) is 4.79 Å². The van der Waals surface area contributed by atoms with Crippen LogP contribution in [0.4, 0.5) is 5.00 Å². The summed E-state index contributed by atoms with van der Waals surface area (Å²) < 4.78 is 10.5. The molecule has 1 aliphatic heterocycles. The minimum atomic E-state index is -0.296. The van der Waals surface area contributed by atoms with Gasteiger partial charge >= 0.3 is 5.97 Å². The first-order valence-corrected chi connectivity index (χ1v) is 8.11. The first kappa shape index (κ1) is 13.8. The van der Waals surface area contributed by atoms with E-state index in [-0.39, 0.29) is 5.97 Å². The summed E-state index contributed by atoms with van der Waals surface area (Å²) in [5.74, 6) is 0.249. The molecule has 2 heterocycles. The Hall–Kier alpha value is -1.14. The number of anilines is 1. The van der Waals surface area contributed by atoms with Gasteiger partial charge in [0.05, 0.1) is 24.8 Å².